The molecule has 5 amide bonds. The van der Waals surface area contributed by atoms with E-state index in [0.717, 1.165) is 4.90 Å². The highest BCUT2D eigenvalue weighted by Gasteiger charge is 2.70. The number of ether oxygens (including phenoxy) is 1. The van der Waals surface area contributed by atoms with Crippen molar-refractivity contribution in [1.29, 1.82) is 0 Å². The van der Waals surface area contributed by atoms with Gasteiger partial charge in [0, 0.05) is 19.7 Å². The number of fused-ring (bicyclic) bond motifs is 1. The van der Waals surface area contributed by atoms with E-state index >= 15 is 0 Å². The molecule has 2 fully saturated rings. The number of carbonyl (C=O) groups is 4. The van der Waals surface area contributed by atoms with E-state index < -0.39 is 41.5 Å². The normalized spacial score (nSPS) is 26.9. The molecule has 0 bridgehead atoms. The maximum atomic E-state index is 12.9. The highest BCUT2D eigenvalue weighted by atomic mass is 16.5. The quantitative estimate of drug-likeness (QED) is 0.632. The maximum absolute atomic E-state index is 12.9. The van der Waals surface area contributed by atoms with E-state index in [1.807, 2.05) is 0 Å². The summed E-state index contributed by atoms with van der Waals surface area (Å²) in [7, 11) is 4.59. The minimum absolute atomic E-state index is 0.338. The van der Waals surface area contributed by atoms with Crippen molar-refractivity contribution in [3.8, 4) is 5.75 Å². The van der Waals surface area contributed by atoms with E-state index in [0.29, 0.717) is 11.3 Å². The van der Waals surface area contributed by atoms with E-state index in [4.69, 9.17) is 4.74 Å². The molecule has 2 atom stereocenters. The van der Waals surface area contributed by atoms with Crippen LogP contribution in [0, 0.1) is 0 Å². The van der Waals surface area contributed by atoms with E-state index in [1.165, 1.54) is 24.0 Å². The van der Waals surface area contributed by atoms with Crippen molar-refractivity contribution < 1.29 is 23.9 Å². The molecule has 2 heterocycles. The van der Waals surface area contributed by atoms with Crippen LogP contribution >= 0.6 is 0 Å². The zero-order chi connectivity index (χ0) is 20.1. The lowest BCUT2D eigenvalue weighted by Crippen LogP contribution is -2.64. The van der Waals surface area contributed by atoms with Crippen molar-refractivity contribution in [3.05, 3.63) is 29.8 Å². The Bertz CT molecular complexity index is 839. The second kappa shape index (κ2) is 5.97. The summed E-state index contributed by atoms with van der Waals surface area (Å²) in [5.74, 6) is -0.503. The van der Waals surface area contributed by atoms with Crippen molar-refractivity contribution in [3.63, 3.8) is 0 Å². The number of benzene rings is 1. The average molecular weight is 374 g/mol. The Morgan fingerprint density at radius 3 is 2.22 bits per heavy atom. The van der Waals surface area contributed by atoms with Gasteiger partial charge in [-0.15, -0.1) is 0 Å². The molecule has 0 saturated carbocycles. The lowest BCUT2D eigenvalue weighted by molar-refractivity contribution is -0.132. The van der Waals surface area contributed by atoms with Crippen LogP contribution < -0.4 is 10.1 Å². The summed E-state index contributed by atoms with van der Waals surface area (Å²) in [5.41, 5.74) is -2.02. The van der Waals surface area contributed by atoms with Gasteiger partial charge in [-0.3, -0.25) is 9.59 Å². The van der Waals surface area contributed by atoms with Crippen LogP contribution in [0.2, 0.25) is 0 Å². The number of hydrogen-bond donors (Lipinski definition) is 1. The topological polar surface area (TPSA) is 99.3 Å². The van der Waals surface area contributed by atoms with Gasteiger partial charge in [-0.05, 0) is 38.1 Å². The van der Waals surface area contributed by atoms with Crippen LogP contribution in [0.25, 0.3) is 0 Å². The first-order valence-corrected chi connectivity index (χ1v) is 8.42. The van der Waals surface area contributed by atoms with Gasteiger partial charge in [-0.25, -0.2) is 14.5 Å². The number of likely N-dealkylation sites (N-methyl/N-ethyl adjacent to an activating group) is 2. The van der Waals surface area contributed by atoms with Crippen molar-refractivity contribution in [2.45, 2.75) is 31.6 Å². The van der Waals surface area contributed by atoms with Crippen molar-refractivity contribution in [2.24, 2.45) is 0 Å². The van der Waals surface area contributed by atoms with Crippen LogP contribution in [-0.2, 0) is 4.79 Å². The van der Waals surface area contributed by atoms with Gasteiger partial charge in [-0.2, -0.15) is 0 Å². The van der Waals surface area contributed by atoms with Crippen LogP contribution in [0.1, 0.15) is 30.6 Å². The SMILES string of the molecule is COc1ccc(C(=O)CC(=O)N2C(=O)N(C)[C@]3(C)N(C)C(=O)N[C@]23C)cc1. The summed E-state index contributed by atoms with van der Waals surface area (Å²) in [6, 6.07) is 5.39. The van der Waals surface area contributed by atoms with E-state index in [9.17, 15) is 19.2 Å². The number of carbonyl (C=O) groups excluding carboxylic acids is 4. The van der Waals surface area contributed by atoms with Crippen LogP contribution in [-0.4, -0.2) is 71.0 Å². The highest BCUT2D eigenvalue weighted by molar-refractivity contribution is 6.12. The lowest BCUT2D eigenvalue weighted by atomic mass is 9.96. The van der Waals surface area contributed by atoms with Crippen LogP contribution in [0.3, 0.4) is 0 Å². The minimum Gasteiger partial charge on any atom is -0.497 e. The molecule has 0 unspecified atom stereocenters. The Labute approximate surface area is 156 Å². The van der Waals surface area contributed by atoms with Crippen molar-refractivity contribution >= 4 is 23.8 Å². The third-order valence-corrected chi connectivity index (χ3v) is 5.78. The molecular formula is C18H22N4O5. The number of amides is 5. The molecule has 0 aliphatic carbocycles. The average Bonchev–Trinajstić information content (AvgIpc) is 2.90. The molecular weight excluding hydrogens is 352 g/mol. The van der Waals surface area contributed by atoms with Crippen molar-refractivity contribution in [2.75, 3.05) is 21.2 Å². The number of nitrogens with one attached hydrogen (secondary N) is 1. The van der Waals surface area contributed by atoms with E-state index in [1.54, 1.807) is 45.2 Å². The summed E-state index contributed by atoms with van der Waals surface area (Å²) in [5, 5.41) is 2.70. The number of Topliss-reactive ketones (excluding diaryl/α,β-unsaturated/α-hetero) is 1. The first kappa shape index (κ1) is 18.7. The van der Waals surface area contributed by atoms with Gasteiger partial charge in [-0.1, -0.05) is 0 Å². The first-order chi connectivity index (χ1) is 12.6. The minimum atomic E-state index is -1.29. The highest BCUT2D eigenvalue weighted by Crippen LogP contribution is 2.44. The number of hydrogen-bond acceptors (Lipinski definition) is 5. The molecule has 1 N–H and O–H groups in total. The molecule has 0 radical (unpaired) electrons. The molecule has 1 aromatic rings. The monoisotopic (exact) mass is 374 g/mol. The third-order valence-electron chi connectivity index (χ3n) is 5.78. The lowest BCUT2D eigenvalue weighted by Gasteiger charge is -2.40. The van der Waals surface area contributed by atoms with Gasteiger partial charge in [0.05, 0.1) is 13.5 Å². The molecule has 144 valence electrons. The summed E-state index contributed by atoms with van der Waals surface area (Å²) >= 11 is 0. The molecule has 1 aromatic carbocycles. The molecule has 2 aliphatic rings. The van der Waals surface area contributed by atoms with Crippen LogP contribution in [0.15, 0.2) is 24.3 Å². The fourth-order valence-electron chi connectivity index (χ4n) is 3.73. The molecule has 9 heteroatoms. The zero-order valence-electron chi connectivity index (χ0n) is 15.9. The maximum Gasteiger partial charge on any atom is 0.330 e. The van der Waals surface area contributed by atoms with Gasteiger partial charge in [0.15, 0.2) is 17.1 Å². The zero-order valence-corrected chi connectivity index (χ0v) is 15.9. The number of rotatable bonds is 4. The molecule has 3 rings (SSSR count). The summed E-state index contributed by atoms with van der Waals surface area (Å²) in [6.45, 7) is 3.30. The summed E-state index contributed by atoms with van der Waals surface area (Å²) in [4.78, 5) is 54.0. The molecule has 2 aliphatic heterocycles. The predicted molar refractivity (Wildman–Crippen MR) is 95.1 cm³/mol. The van der Waals surface area contributed by atoms with Gasteiger partial charge < -0.3 is 19.9 Å². The Morgan fingerprint density at radius 2 is 1.67 bits per heavy atom. The summed E-state index contributed by atoms with van der Waals surface area (Å²) in [6.07, 6.45) is -0.489. The van der Waals surface area contributed by atoms with Crippen LogP contribution in [0.4, 0.5) is 9.59 Å². The number of imide groups is 1. The van der Waals surface area contributed by atoms with Gasteiger partial charge in [0.1, 0.15) is 5.75 Å². The number of nitrogens with zero attached hydrogens (tertiary/aromatic N) is 3. The smallest absolute Gasteiger partial charge is 0.330 e. The summed E-state index contributed by atoms with van der Waals surface area (Å²) < 4.78 is 5.05. The number of ketones is 1. The Hall–Kier alpha value is -3.10. The largest absolute Gasteiger partial charge is 0.497 e. The Balaban J connectivity index is 1.86. The van der Waals surface area contributed by atoms with Crippen LogP contribution in [0.5, 0.6) is 5.75 Å². The van der Waals surface area contributed by atoms with Crippen molar-refractivity contribution in [1.82, 2.24) is 20.0 Å². The van der Waals surface area contributed by atoms with E-state index in [-0.39, 0.29) is 0 Å². The fraction of sp³-hybridized carbons (Fsp3) is 0.444. The standard InChI is InChI=1S/C18H22N4O5/c1-17-18(2,20(3)15(25)19-17)21(4)16(26)22(17)14(24)10-13(23)11-6-8-12(27-5)9-7-11/h6-9H,10H2,1-5H3,(H,19,25)/t17-,18+/m1/s1. The third kappa shape index (κ3) is 2.37. The van der Waals surface area contributed by atoms with Gasteiger partial charge in [0.25, 0.3) is 0 Å². The molecule has 2 saturated heterocycles. The van der Waals surface area contributed by atoms with Gasteiger partial charge in [0.2, 0.25) is 5.91 Å². The van der Waals surface area contributed by atoms with Gasteiger partial charge >= 0.3 is 12.1 Å². The number of methoxy groups -OCH3 is 1. The Morgan fingerprint density at radius 1 is 1.07 bits per heavy atom. The predicted octanol–water partition coefficient (Wildman–Crippen LogP) is 1.25. The van der Waals surface area contributed by atoms with E-state index in [2.05, 4.69) is 5.32 Å². The Kier molecular flexibility index (Phi) is 4.13. The second-order valence-corrected chi connectivity index (χ2v) is 6.98. The number of urea groups is 2. The second-order valence-electron chi connectivity index (χ2n) is 6.98. The first-order valence-electron chi connectivity index (χ1n) is 8.42. The molecule has 9 nitrogen and oxygen atoms in total. The fourth-order valence-corrected chi connectivity index (χ4v) is 3.73. The molecule has 27 heavy (non-hydrogen) atoms. The molecule has 0 spiro atoms. The molecule has 0 aromatic heterocycles.